The summed E-state index contributed by atoms with van der Waals surface area (Å²) in [6.07, 6.45) is 2.25. The minimum atomic E-state index is -0.0696. The molecule has 170 valence electrons. The number of para-hydroxylation sites is 1. The van der Waals surface area contributed by atoms with Crippen molar-refractivity contribution in [1.82, 2.24) is 9.38 Å². The highest BCUT2D eigenvalue weighted by Crippen LogP contribution is 2.26. The smallest absolute Gasteiger partial charge is 0.230 e. The summed E-state index contributed by atoms with van der Waals surface area (Å²) in [5.74, 6) is 0.772. The molecule has 2 heterocycles. The van der Waals surface area contributed by atoms with Crippen LogP contribution in [0.3, 0.4) is 0 Å². The van der Waals surface area contributed by atoms with Crippen LogP contribution in [0.15, 0.2) is 90.4 Å². The molecule has 0 atom stereocenters. The van der Waals surface area contributed by atoms with Gasteiger partial charge in [-0.05, 0) is 67.6 Å². The number of amides is 1. The molecule has 2 aromatic heterocycles. The third-order valence-electron chi connectivity index (χ3n) is 5.32. The number of nitrogens with one attached hydrogen (secondary N) is 2. The van der Waals surface area contributed by atoms with Crippen molar-refractivity contribution in [2.45, 2.75) is 13.3 Å². The predicted octanol–water partition coefficient (Wildman–Crippen LogP) is 6.39. The zero-order valence-corrected chi connectivity index (χ0v) is 19.5. The van der Waals surface area contributed by atoms with E-state index in [0.29, 0.717) is 6.61 Å². The molecule has 0 aliphatic carbocycles. The lowest BCUT2D eigenvalue weighted by atomic mass is 10.1. The Morgan fingerprint density at radius 1 is 0.941 bits per heavy atom. The third-order valence-corrected chi connectivity index (χ3v) is 6.21. The van der Waals surface area contributed by atoms with E-state index < -0.39 is 0 Å². The molecule has 0 spiro atoms. The Morgan fingerprint density at radius 2 is 1.65 bits per heavy atom. The Morgan fingerprint density at radius 3 is 2.38 bits per heavy atom. The van der Waals surface area contributed by atoms with Crippen LogP contribution in [-0.2, 0) is 11.2 Å². The second kappa shape index (κ2) is 9.80. The largest absolute Gasteiger partial charge is 0.494 e. The van der Waals surface area contributed by atoms with Gasteiger partial charge < -0.3 is 15.4 Å². The van der Waals surface area contributed by atoms with Crippen molar-refractivity contribution in [2.75, 3.05) is 17.2 Å². The van der Waals surface area contributed by atoms with Crippen LogP contribution in [0.25, 0.3) is 16.2 Å². The van der Waals surface area contributed by atoms with Crippen LogP contribution < -0.4 is 15.4 Å². The number of benzene rings is 3. The maximum absolute atomic E-state index is 12.7. The quantitative estimate of drug-likeness (QED) is 0.277. The molecular formula is C27H24N4O2S. The van der Waals surface area contributed by atoms with E-state index in [1.165, 1.54) is 11.3 Å². The molecule has 7 heteroatoms. The van der Waals surface area contributed by atoms with Gasteiger partial charge in [-0.25, -0.2) is 4.98 Å². The summed E-state index contributed by atoms with van der Waals surface area (Å²) in [5.41, 5.74) is 5.53. The molecule has 0 fully saturated rings. The Bertz CT molecular complexity index is 1390. The van der Waals surface area contributed by atoms with Crippen LogP contribution in [-0.4, -0.2) is 21.9 Å². The normalized spacial score (nSPS) is 10.9. The first-order chi connectivity index (χ1) is 16.7. The minimum Gasteiger partial charge on any atom is -0.494 e. The van der Waals surface area contributed by atoms with Gasteiger partial charge in [-0.15, -0.1) is 11.3 Å². The second-order valence-corrected chi connectivity index (χ2v) is 8.59. The van der Waals surface area contributed by atoms with Crippen LogP contribution in [0.5, 0.6) is 5.75 Å². The van der Waals surface area contributed by atoms with Crippen LogP contribution >= 0.6 is 11.3 Å². The van der Waals surface area contributed by atoms with Crippen molar-refractivity contribution < 1.29 is 9.53 Å². The van der Waals surface area contributed by atoms with Crippen molar-refractivity contribution in [3.05, 3.63) is 96.1 Å². The molecule has 0 saturated heterocycles. The first kappa shape index (κ1) is 21.7. The van der Waals surface area contributed by atoms with Crippen molar-refractivity contribution in [3.63, 3.8) is 0 Å². The number of fused-ring (bicyclic) bond motifs is 1. The number of hydrogen-bond donors (Lipinski definition) is 2. The molecule has 0 aliphatic heterocycles. The molecule has 0 aliphatic rings. The maximum atomic E-state index is 12.7. The number of imidazole rings is 1. The number of aromatic nitrogens is 2. The summed E-state index contributed by atoms with van der Waals surface area (Å²) < 4.78 is 7.50. The molecule has 3 aromatic carbocycles. The summed E-state index contributed by atoms with van der Waals surface area (Å²) >= 11 is 1.53. The Labute approximate surface area is 201 Å². The molecule has 5 aromatic rings. The Hall–Kier alpha value is -4.10. The first-order valence-corrected chi connectivity index (χ1v) is 12.0. The number of carbonyl (C=O) groups excluding carboxylic acids is 1. The van der Waals surface area contributed by atoms with Crippen LogP contribution in [0.1, 0.15) is 12.6 Å². The lowest BCUT2D eigenvalue weighted by Crippen LogP contribution is -2.15. The number of ether oxygens (including phenoxy) is 1. The third kappa shape index (κ3) is 4.94. The predicted molar refractivity (Wildman–Crippen MR) is 138 cm³/mol. The number of thiazole rings is 1. The molecule has 5 rings (SSSR count). The van der Waals surface area contributed by atoms with Gasteiger partial charge in [-0.3, -0.25) is 9.20 Å². The molecule has 0 radical (unpaired) electrons. The monoisotopic (exact) mass is 468 g/mol. The second-order valence-electron chi connectivity index (χ2n) is 7.76. The fourth-order valence-corrected chi connectivity index (χ4v) is 4.55. The topological polar surface area (TPSA) is 67.7 Å². The highest BCUT2D eigenvalue weighted by molar-refractivity contribution is 7.15. The van der Waals surface area contributed by atoms with Gasteiger partial charge in [-0.1, -0.05) is 18.2 Å². The van der Waals surface area contributed by atoms with Crippen molar-refractivity contribution in [2.24, 2.45) is 0 Å². The Balaban J connectivity index is 1.24. The first-order valence-electron chi connectivity index (χ1n) is 11.1. The molecule has 34 heavy (non-hydrogen) atoms. The molecule has 0 saturated carbocycles. The van der Waals surface area contributed by atoms with Crippen molar-refractivity contribution in [1.29, 1.82) is 0 Å². The zero-order valence-electron chi connectivity index (χ0n) is 18.7. The molecule has 0 unspecified atom stereocenters. The highest BCUT2D eigenvalue weighted by Gasteiger charge is 2.13. The lowest BCUT2D eigenvalue weighted by Gasteiger charge is -2.08. The average Bonchev–Trinajstić information content (AvgIpc) is 3.44. The molecule has 2 N–H and O–H groups in total. The van der Waals surface area contributed by atoms with E-state index in [0.717, 1.165) is 44.7 Å². The van der Waals surface area contributed by atoms with Gasteiger partial charge in [0.15, 0.2) is 4.96 Å². The fraction of sp³-hybridized carbons (Fsp3) is 0.111. The summed E-state index contributed by atoms with van der Waals surface area (Å²) in [5, 5.41) is 8.30. The van der Waals surface area contributed by atoms with Crippen molar-refractivity contribution >= 4 is 39.3 Å². The fourth-order valence-electron chi connectivity index (χ4n) is 3.68. The van der Waals surface area contributed by atoms with Gasteiger partial charge in [0.05, 0.1) is 18.7 Å². The summed E-state index contributed by atoms with van der Waals surface area (Å²) in [6.45, 7) is 2.60. The van der Waals surface area contributed by atoms with E-state index in [1.54, 1.807) is 0 Å². The van der Waals surface area contributed by atoms with Crippen LogP contribution in [0.2, 0.25) is 0 Å². The SMILES string of the molecule is CCOc1ccc(-c2cn3c(CC(=O)Nc4ccc(Nc5ccccc5)cc4)csc3n2)cc1. The van der Waals surface area contributed by atoms with Gasteiger partial charge in [0.2, 0.25) is 5.91 Å². The van der Waals surface area contributed by atoms with Crippen LogP contribution in [0, 0.1) is 0 Å². The number of anilines is 3. The number of rotatable bonds is 8. The zero-order chi connectivity index (χ0) is 23.3. The van der Waals surface area contributed by atoms with E-state index in [4.69, 9.17) is 9.72 Å². The lowest BCUT2D eigenvalue weighted by molar-refractivity contribution is -0.115. The summed E-state index contributed by atoms with van der Waals surface area (Å²) in [7, 11) is 0. The average molecular weight is 469 g/mol. The van der Waals surface area contributed by atoms with E-state index >= 15 is 0 Å². The van der Waals surface area contributed by atoms with Gasteiger partial charge in [-0.2, -0.15) is 0 Å². The van der Waals surface area contributed by atoms with Gasteiger partial charge in [0.1, 0.15) is 5.75 Å². The van der Waals surface area contributed by atoms with E-state index in [2.05, 4.69) is 10.6 Å². The minimum absolute atomic E-state index is 0.0696. The summed E-state index contributed by atoms with van der Waals surface area (Å²) in [4.78, 5) is 18.3. The molecular weight excluding hydrogens is 444 g/mol. The van der Waals surface area contributed by atoms with Crippen LogP contribution in [0.4, 0.5) is 17.1 Å². The van der Waals surface area contributed by atoms with Gasteiger partial charge in [0, 0.05) is 39.9 Å². The van der Waals surface area contributed by atoms with E-state index in [1.807, 2.05) is 102 Å². The molecule has 1 amide bonds. The van der Waals surface area contributed by atoms with Crippen molar-refractivity contribution in [3.8, 4) is 17.0 Å². The number of carbonyl (C=O) groups is 1. The maximum Gasteiger partial charge on any atom is 0.230 e. The van der Waals surface area contributed by atoms with Gasteiger partial charge >= 0.3 is 0 Å². The molecule has 6 nitrogen and oxygen atoms in total. The number of hydrogen-bond acceptors (Lipinski definition) is 5. The van der Waals surface area contributed by atoms with E-state index in [9.17, 15) is 4.79 Å². The standard InChI is InChI=1S/C27H24N4O2S/c1-2-33-24-14-8-19(9-15-24)25-17-31-23(18-34-27(31)30-25)16-26(32)29-22-12-10-21(11-13-22)28-20-6-4-3-5-7-20/h3-15,17-18,28H,2,16H2,1H3,(H,29,32). The van der Waals surface area contributed by atoms with Gasteiger partial charge in [0.25, 0.3) is 0 Å². The highest BCUT2D eigenvalue weighted by atomic mass is 32.1. The number of nitrogens with zero attached hydrogens (tertiary/aromatic N) is 2. The van der Waals surface area contributed by atoms with E-state index in [-0.39, 0.29) is 12.3 Å². The Kier molecular flexibility index (Phi) is 6.27. The molecule has 0 bridgehead atoms. The summed E-state index contributed by atoms with van der Waals surface area (Å²) in [6, 6.07) is 25.6.